The van der Waals surface area contributed by atoms with Crippen LogP contribution in [0.25, 0.3) is 0 Å². The molecule has 1 fully saturated rings. The molecule has 0 amide bonds. The van der Waals surface area contributed by atoms with Crippen molar-refractivity contribution in [3.05, 3.63) is 23.8 Å². The average molecular weight is 396 g/mol. The highest BCUT2D eigenvalue weighted by Gasteiger charge is 2.31. The number of hydrogen-bond acceptors (Lipinski definition) is 5. The maximum Gasteiger partial charge on any atom is 0.191 e. The summed E-state index contributed by atoms with van der Waals surface area (Å²) >= 11 is 1.78. The number of ether oxygens (including phenoxy) is 2. The molecule has 152 valence electrons. The molecular weight excluding hydrogens is 362 g/mol. The lowest BCUT2D eigenvalue weighted by atomic mass is 10.0. The van der Waals surface area contributed by atoms with E-state index >= 15 is 0 Å². The van der Waals surface area contributed by atoms with Gasteiger partial charge in [0.05, 0.1) is 31.4 Å². The van der Waals surface area contributed by atoms with Crippen molar-refractivity contribution in [1.29, 1.82) is 0 Å². The minimum Gasteiger partial charge on any atom is -0.490 e. The van der Waals surface area contributed by atoms with Gasteiger partial charge >= 0.3 is 0 Å². The SMILES string of the molecule is CCNC(=NCC1(O)CCSC1)NC(C)c1ccc(OCC)c(OCC)c1. The third-order valence-electron chi connectivity index (χ3n) is 4.38. The topological polar surface area (TPSA) is 75.1 Å². The van der Waals surface area contributed by atoms with E-state index in [1.54, 1.807) is 11.8 Å². The normalized spacial score (nSPS) is 21.0. The Balaban J connectivity index is 2.09. The number of nitrogens with one attached hydrogen (secondary N) is 2. The van der Waals surface area contributed by atoms with Crippen LogP contribution in [-0.4, -0.2) is 54.5 Å². The molecule has 1 aliphatic heterocycles. The second-order valence-corrected chi connectivity index (χ2v) is 7.77. The van der Waals surface area contributed by atoms with Crippen LogP contribution in [0.4, 0.5) is 0 Å². The molecule has 27 heavy (non-hydrogen) atoms. The Labute approximate surface area is 167 Å². The molecule has 6 nitrogen and oxygen atoms in total. The molecule has 0 radical (unpaired) electrons. The van der Waals surface area contributed by atoms with Gasteiger partial charge in [0.25, 0.3) is 0 Å². The molecule has 1 saturated heterocycles. The molecule has 0 saturated carbocycles. The summed E-state index contributed by atoms with van der Waals surface area (Å²) in [5.41, 5.74) is 0.403. The fourth-order valence-corrected chi connectivity index (χ4v) is 4.18. The molecular formula is C20H33N3O3S. The number of aliphatic hydroxyl groups is 1. The molecule has 3 N–H and O–H groups in total. The molecule has 1 aromatic rings. The highest BCUT2D eigenvalue weighted by atomic mass is 32.2. The monoisotopic (exact) mass is 395 g/mol. The van der Waals surface area contributed by atoms with E-state index in [0.717, 1.165) is 41.5 Å². The molecule has 1 heterocycles. The maximum absolute atomic E-state index is 10.5. The third-order valence-corrected chi connectivity index (χ3v) is 5.61. The van der Waals surface area contributed by atoms with Crippen LogP contribution >= 0.6 is 11.8 Å². The van der Waals surface area contributed by atoms with Gasteiger partial charge in [-0.3, -0.25) is 4.99 Å². The molecule has 2 atom stereocenters. The van der Waals surface area contributed by atoms with Gasteiger partial charge in [-0.25, -0.2) is 0 Å². The van der Waals surface area contributed by atoms with Crippen LogP contribution in [-0.2, 0) is 0 Å². The summed E-state index contributed by atoms with van der Waals surface area (Å²) in [6.45, 7) is 10.4. The van der Waals surface area contributed by atoms with Crippen molar-refractivity contribution < 1.29 is 14.6 Å². The van der Waals surface area contributed by atoms with E-state index in [2.05, 4.69) is 22.5 Å². The Hall–Kier alpha value is -1.60. The predicted octanol–water partition coefficient (Wildman–Crippen LogP) is 2.97. The Bertz CT molecular complexity index is 618. The lowest BCUT2D eigenvalue weighted by Crippen LogP contribution is -2.41. The van der Waals surface area contributed by atoms with Gasteiger partial charge in [0, 0.05) is 12.3 Å². The molecule has 0 spiro atoms. The van der Waals surface area contributed by atoms with Crippen LogP contribution in [0, 0.1) is 0 Å². The number of aliphatic imine (C=N–C) groups is 1. The van der Waals surface area contributed by atoms with Crippen molar-refractivity contribution >= 4 is 17.7 Å². The van der Waals surface area contributed by atoms with Gasteiger partial charge in [-0.05, 0) is 57.6 Å². The second kappa shape index (κ2) is 10.7. The van der Waals surface area contributed by atoms with Gasteiger partial charge in [-0.1, -0.05) is 6.07 Å². The van der Waals surface area contributed by atoms with Gasteiger partial charge in [-0.2, -0.15) is 11.8 Å². The second-order valence-electron chi connectivity index (χ2n) is 6.66. The highest BCUT2D eigenvalue weighted by Crippen LogP contribution is 2.31. The van der Waals surface area contributed by atoms with E-state index in [-0.39, 0.29) is 6.04 Å². The summed E-state index contributed by atoms with van der Waals surface area (Å²) in [4.78, 5) is 4.61. The summed E-state index contributed by atoms with van der Waals surface area (Å²) in [5.74, 6) is 3.98. The fraction of sp³-hybridized carbons (Fsp3) is 0.650. The zero-order valence-corrected chi connectivity index (χ0v) is 17.7. The number of guanidine groups is 1. The van der Waals surface area contributed by atoms with Gasteiger partial charge in [0.1, 0.15) is 0 Å². The average Bonchev–Trinajstić information content (AvgIpc) is 3.08. The van der Waals surface area contributed by atoms with Crippen molar-refractivity contribution in [3.63, 3.8) is 0 Å². The first-order chi connectivity index (χ1) is 13.0. The molecule has 7 heteroatoms. The van der Waals surface area contributed by atoms with E-state index in [4.69, 9.17) is 9.47 Å². The Kier molecular flexibility index (Phi) is 8.57. The number of hydrogen-bond donors (Lipinski definition) is 3. The molecule has 1 aromatic carbocycles. The van der Waals surface area contributed by atoms with Crippen LogP contribution in [0.2, 0.25) is 0 Å². The first-order valence-electron chi connectivity index (χ1n) is 9.75. The first-order valence-corrected chi connectivity index (χ1v) is 10.9. The van der Waals surface area contributed by atoms with Crippen molar-refractivity contribution in [2.75, 3.05) is 37.8 Å². The third kappa shape index (κ3) is 6.50. The Morgan fingerprint density at radius 3 is 2.63 bits per heavy atom. The highest BCUT2D eigenvalue weighted by molar-refractivity contribution is 7.99. The molecule has 2 unspecified atom stereocenters. The molecule has 1 aliphatic rings. The zero-order valence-electron chi connectivity index (χ0n) is 16.9. The number of thioether (sulfide) groups is 1. The van der Waals surface area contributed by atoms with Crippen LogP contribution in [0.3, 0.4) is 0 Å². The standard InChI is InChI=1S/C20H33N3O3S/c1-5-21-19(22-13-20(24)10-11-27-14-20)23-15(4)16-8-9-17(25-6-2)18(12-16)26-7-3/h8-9,12,15,24H,5-7,10-11,13-14H2,1-4H3,(H2,21,22,23). The van der Waals surface area contributed by atoms with Crippen LogP contribution in [0.15, 0.2) is 23.2 Å². The van der Waals surface area contributed by atoms with Gasteiger partial charge in [0.2, 0.25) is 0 Å². The quantitative estimate of drug-likeness (QED) is 0.441. The number of benzene rings is 1. The summed E-state index contributed by atoms with van der Waals surface area (Å²) < 4.78 is 11.4. The van der Waals surface area contributed by atoms with Crippen molar-refractivity contribution in [2.24, 2.45) is 4.99 Å². The summed E-state index contributed by atoms with van der Waals surface area (Å²) in [6.07, 6.45) is 0.798. The molecule has 0 aliphatic carbocycles. The first kappa shape index (κ1) is 21.7. The summed E-state index contributed by atoms with van der Waals surface area (Å²) in [6, 6.07) is 6.03. The number of nitrogens with zero attached hydrogens (tertiary/aromatic N) is 1. The van der Waals surface area contributed by atoms with E-state index in [1.165, 1.54) is 0 Å². The summed E-state index contributed by atoms with van der Waals surface area (Å²) in [5, 5.41) is 17.2. The largest absolute Gasteiger partial charge is 0.490 e. The number of rotatable bonds is 9. The predicted molar refractivity (Wildman–Crippen MR) is 113 cm³/mol. The molecule has 0 aromatic heterocycles. The van der Waals surface area contributed by atoms with E-state index in [9.17, 15) is 5.11 Å². The van der Waals surface area contributed by atoms with E-state index in [1.807, 2.05) is 39.0 Å². The van der Waals surface area contributed by atoms with Crippen molar-refractivity contribution in [3.8, 4) is 11.5 Å². The Morgan fingerprint density at radius 1 is 1.26 bits per heavy atom. The van der Waals surface area contributed by atoms with Gasteiger partial charge < -0.3 is 25.2 Å². The van der Waals surface area contributed by atoms with Gasteiger partial charge in [0.15, 0.2) is 17.5 Å². The lowest BCUT2D eigenvalue weighted by molar-refractivity contribution is 0.0778. The van der Waals surface area contributed by atoms with Crippen LogP contribution in [0.1, 0.15) is 45.7 Å². The van der Waals surface area contributed by atoms with E-state index < -0.39 is 5.60 Å². The van der Waals surface area contributed by atoms with Crippen LogP contribution in [0.5, 0.6) is 11.5 Å². The minimum absolute atomic E-state index is 0.0327. The maximum atomic E-state index is 10.5. The minimum atomic E-state index is -0.683. The van der Waals surface area contributed by atoms with Crippen molar-refractivity contribution in [2.45, 2.75) is 45.8 Å². The van der Waals surface area contributed by atoms with Gasteiger partial charge in [-0.15, -0.1) is 0 Å². The molecule has 0 bridgehead atoms. The molecule has 2 rings (SSSR count). The van der Waals surface area contributed by atoms with Crippen LogP contribution < -0.4 is 20.1 Å². The van der Waals surface area contributed by atoms with E-state index in [0.29, 0.717) is 25.7 Å². The van der Waals surface area contributed by atoms with Crippen molar-refractivity contribution in [1.82, 2.24) is 10.6 Å². The zero-order chi connectivity index (χ0) is 19.7. The summed E-state index contributed by atoms with van der Waals surface area (Å²) in [7, 11) is 0. The fourth-order valence-electron chi connectivity index (χ4n) is 2.89. The lowest BCUT2D eigenvalue weighted by Gasteiger charge is -2.22. The Morgan fingerprint density at radius 2 is 2.00 bits per heavy atom. The smallest absolute Gasteiger partial charge is 0.191 e.